The zero-order valence-corrected chi connectivity index (χ0v) is 10.7. The Balaban J connectivity index is 2.39. The van der Waals surface area contributed by atoms with Crippen LogP contribution in [0.4, 0.5) is 4.39 Å². The summed E-state index contributed by atoms with van der Waals surface area (Å²) in [6.07, 6.45) is 0. The van der Waals surface area contributed by atoms with Crippen molar-refractivity contribution in [3.8, 4) is 0 Å². The minimum absolute atomic E-state index is 0.0184. The normalized spacial score (nSPS) is 12.4. The lowest BCUT2D eigenvalue weighted by Crippen LogP contribution is -2.78. The molecular weight excluding hydrogens is 267 g/mol. The third-order valence-electron chi connectivity index (χ3n) is 2.45. The molecule has 2 rings (SSSR count). The summed E-state index contributed by atoms with van der Waals surface area (Å²) in [5, 5.41) is 0. The summed E-state index contributed by atoms with van der Waals surface area (Å²) in [6.45, 7) is 0. The van der Waals surface area contributed by atoms with E-state index in [9.17, 15) is 12.8 Å². The molecule has 0 bridgehead atoms. The van der Waals surface area contributed by atoms with Crippen LogP contribution in [0.1, 0.15) is 5.56 Å². The fraction of sp³-hybridized carbons (Fsp3) is 0. The molecule has 98 valence electrons. The lowest BCUT2D eigenvalue weighted by Gasteiger charge is -1.98. The molecule has 0 aromatic heterocycles. The molecule has 0 atom stereocenters. The summed E-state index contributed by atoms with van der Waals surface area (Å²) in [5.74, 6) is -0.483. The molecule has 0 unspecified atom stereocenters. The van der Waals surface area contributed by atoms with Gasteiger partial charge in [-0.25, -0.2) is 4.39 Å². The lowest BCUT2D eigenvalue weighted by atomic mass is 10.2. The van der Waals surface area contributed by atoms with Gasteiger partial charge >= 0.3 is 10.0 Å². The first-order valence-electron chi connectivity index (χ1n) is 5.45. The number of rotatable bonds is 3. The molecular formula is C13H12FN2O2S+. The second kappa shape index (κ2) is 5.19. The predicted octanol–water partition coefficient (Wildman–Crippen LogP) is 0.000500. The second-order valence-corrected chi connectivity index (χ2v) is 5.52. The van der Waals surface area contributed by atoms with Crippen LogP contribution >= 0.6 is 0 Å². The van der Waals surface area contributed by atoms with Crippen LogP contribution in [-0.4, -0.2) is 14.3 Å². The first kappa shape index (κ1) is 13.2. The fourth-order valence-electron chi connectivity index (χ4n) is 1.49. The predicted molar refractivity (Wildman–Crippen MR) is 69.3 cm³/mol. The molecule has 0 spiro atoms. The highest BCUT2D eigenvalue weighted by Gasteiger charge is 2.17. The van der Waals surface area contributed by atoms with Crippen molar-refractivity contribution in [3.63, 3.8) is 0 Å². The van der Waals surface area contributed by atoms with Crippen molar-refractivity contribution in [3.05, 3.63) is 66.0 Å². The molecule has 3 N–H and O–H groups in total. The average molecular weight is 279 g/mol. The van der Waals surface area contributed by atoms with Crippen LogP contribution in [0.2, 0.25) is 0 Å². The Kier molecular flexibility index (Phi) is 3.62. The van der Waals surface area contributed by atoms with E-state index in [4.69, 9.17) is 5.73 Å². The van der Waals surface area contributed by atoms with E-state index < -0.39 is 15.8 Å². The maximum atomic E-state index is 12.8. The van der Waals surface area contributed by atoms with E-state index in [1.165, 1.54) is 12.1 Å². The topological polar surface area (TPSA) is 74.1 Å². The van der Waals surface area contributed by atoms with Crippen molar-refractivity contribution in [2.45, 2.75) is 4.90 Å². The van der Waals surface area contributed by atoms with Crippen molar-refractivity contribution in [1.29, 1.82) is 0 Å². The number of sulfonamides is 1. The molecule has 0 aliphatic rings. The summed E-state index contributed by atoms with van der Waals surface area (Å²) in [6, 6.07) is 13.2. The van der Waals surface area contributed by atoms with Crippen LogP contribution in [-0.2, 0) is 10.0 Å². The van der Waals surface area contributed by atoms with E-state index in [1.807, 2.05) is 0 Å². The summed E-state index contributed by atoms with van der Waals surface area (Å²) in [7, 11) is -3.80. The van der Waals surface area contributed by atoms with Crippen LogP contribution in [0, 0.1) is 5.82 Å². The summed E-state index contributed by atoms with van der Waals surface area (Å²) in [4.78, 5) is -0.0484. The molecule has 0 heterocycles. The Hall–Kier alpha value is -2.21. The molecule has 0 amide bonds. The monoisotopic (exact) mass is 279 g/mol. The van der Waals surface area contributed by atoms with E-state index in [0.29, 0.717) is 5.56 Å². The van der Waals surface area contributed by atoms with E-state index in [2.05, 4.69) is 4.40 Å². The number of halogens is 1. The first-order chi connectivity index (χ1) is 8.99. The van der Waals surface area contributed by atoms with Gasteiger partial charge in [-0.2, -0.15) is 12.8 Å². The third-order valence-corrected chi connectivity index (χ3v) is 3.83. The minimum Gasteiger partial charge on any atom is -0.286 e. The molecule has 19 heavy (non-hydrogen) atoms. The number of hydrogen-bond acceptors (Lipinski definition) is 2. The van der Waals surface area contributed by atoms with Crippen LogP contribution in [0.15, 0.2) is 59.5 Å². The van der Waals surface area contributed by atoms with Crippen molar-refractivity contribution in [2.24, 2.45) is 5.73 Å². The number of amidine groups is 1. The molecule has 0 saturated heterocycles. The quantitative estimate of drug-likeness (QED) is 0.613. The molecule has 4 nitrogen and oxygen atoms in total. The van der Waals surface area contributed by atoms with Gasteiger partial charge in [0.15, 0.2) is 0 Å². The second-order valence-electron chi connectivity index (χ2n) is 3.84. The largest absolute Gasteiger partial charge is 0.328 e. The van der Waals surface area contributed by atoms with E-state index >= 15 is 0 Å². The van der Waals surface area contributed by atoms with Gasteiger partial charge in [0.1, 0.15) is 10.7 Å². The molecule has 6 heteroatoms. The molecule has 0 aliphatic heterocycles. The standard InChI is InChI=1S/C13H11FN2O2S/c14-11-6-8-12(9-7-11)19(17,18)16-13(15)10-4-2-1-3-5-10/h1-9H,(H2,15,16)/p+1. The van der Waals surface area contributed by atoms with Gasteiger partial charge in [0.05, 0.1) is 5.56 Å². The Morgan fingerprint density at radius 3 is 2.16 bits per heavy atom. The van der Waals surface area contributed by atoms with Gasteiger partial charge in [0.25, 0.3) is 5.84 Å². The number of hydrogen-bond donors (Lipinski definition) is 2. The number of benzene rings is 2. The van der Waals surface area contributed by atoms with Crippen LogP contribution in [0.25, 0.3) is 0 Å². The highest BCUT2D eigenvalue weighted by atomic mass is 32.2. The van der Waals surface area contributed by atoms with Crippen molar-refractivity contribution in [1.82, 2.24) is 0 Å². The molecule has 0 fully saturated rings. The van der Waals surface area contributed by atoms with Crippen LogP contribution < -0.4 is 10.1 Å². The number of nitrogens with two attached hydrogens (primary N) is 1. The molecule has 0 aliphatic carbocycles. The third kappa shape index (κ3) is 3.17. The highest BCUT2D eigenvalue weighted by Crippen LogP contribution is 2.06. The van der Waals surface area contributed by atoms with Gasteiger partial charge in [-0.05, 0) is 36.4 Å². The number of nitrogen functional groups attached to an aromatic ring is 1. The lowest BCUT2D eigenvalue weighted by molar-refractivity contribution is -0.268. The molecule has 2 aromatic rings. The van der Waals surface area contributed by atoms with Gasteiger partial charge in [0, 0.05) is 0 Å². The molecule has 2 aromatic carbocycles. The summed E-state index contributed by atoms with van der Waals surface area (Å²) in [5.41, 5.74) is 6.26. The summed E-state index contributed by atoms with van der Waals surface area (Å²) < 4.78 is 39.0. The van der Waals surface area contributed by atoms with Gasteiger partial charge < -0.3 is 0 Å². The Morgan fingerprint density at radius 2 is 1.58 bits per heavy atom. The fourth-order valence-corrected chi connectivity index (χ4v) is 2.51. The zero-order chi connectivity index (χ0) is 13.9. The molecule has 0 radical (unpaired) electrons. The van der Waals surface area contributed by atoms with Crippen molar-refractivity contribution in [2.75, 3.05) is 0 Å². The first-order valence-corrected chi connectivity index (χ1v) is 6.93. The van der Waals surface area contributed by atoms with E-state index in [1.54, 1.807) is 30.3 Å². The minimum atomic E-state index is -3.80. The van der Waals surface area contributed by atoms with Gasteiger partial charge in [-0.1, -0.05) is 18.2 Å². The van der Waals surface area contributed by atoms with Crippen molar-refractivity contribution < 1.29 is 17.2 Å². The Morgan fingerprint density at radius 1 is 1.00 bits per heavy atom. The van der Waals surface area contributed by atoms with Gasteiger partial charge in [0.2, 0.25) is 0 Å². The van der Waals surface area contributed by atoms with Crippen LogP contribution in [0.5, 0.6) is 0 Å². The van der Waals surface area contributed by atoms with Crippen LogP contribution in [0.3, 0.4) is 0 Å². The van der Waals surface area contributed by atoms with E-state index in [-0.39, 0.29) is 10.7 Å². The maximum absolute atomic E-state index is 12.8. The maximum Gasteiger partial charge on any atom is 0.328 e. The summed E-state index contributed by atoms with van der Waals surface area (Å²) >= 11 is 0. The molecule has 0 saturated carbocycles. The number of nitrogens with one attached hydrogen (secondary N) is 1. The highest BCUT2D eigenvalue weighted by molar-refractivity contribution is 7.84. The zero-order valence-electron chi connectivity index (χ0n) is 9.88. The van der Waals surface area contributed by atoms with E-state index in [0.717, 1.165) is 12.1 Å². The SMILES string of the molecule is NC(=[NH+]S(=O)(=O)c1ccc(F)cc1)c1ccccc1. The smallest absolute Gasteiger partial charge is 0.286 e. The average Bonchev–Trinajstić information content (AvgIpc) is 2.40. The Labute approximate surface area is 110 Å². The van der Waals surface area contributed by atoms with Crippen molar-refractivity contribution >= 4 is 15.9 Å². The van der Waals surface area contributed by atoms with Gasteiger partial charge in [-0.15, -0.1) is 0 Å². The Bertz CT molecular complexity index is 695. The van der Waals surface area contributed by atoms with Gasteiger partial charge in [-0.3, -0.25) is 5.73 Å².